The standard InChI is InChI=1S/C9H18O2.C5H9IO2/c1-5-6-7-8(10)11-9(2,3)4;1-4(6)2-3-5(7)8/h5-7H2,1-4H3;4H,2-3H2,1H3,(H,7,8). The summed E-state index contributed by atoms with van der Waals surface area (Å²) < 4.78 is 5.58. The van der Waals surface area contributed by atoms with Crippen LogP contribution >= 0.6 is 22.6 Å². The molecule has 0 fully saturated rings. The third-order valence-corrected chi connectivity index (χ3v) is 2.53. The van der Waals surface area contributed by atoms with Gasteiger partial charge in [0.25, 0.3) is 0 Å². The van der Waals surface area contributed by atoms with E-state index in [-0.39, 0.29) is 11.6 Å². The summed E-state index contributed by atoms with van der Waals surface area (Å²) in [7, 11) is 0. The van der Waals surface area contributed by atoms with Gasteiger partial charge in [0.2, 0.25) is 0 Å². The SMILES string of the molecule is CC(I)CCC(=O)O.CCCCC(=O)OC(C)(C)C. The second-order valence-corrected chi connectivity index (χ2v) is 7.53. The second kappa shape index (κ2) is 11.5. The number of halogens is 1. The van der Waals surface area contributed by atoms with Crippen LogP contribution in [0.4, 0.5) is 0 Å². The number of aliphatic carboxylic acids is 1. The fraction of sp³-hybridized carbons (Fsp3) is 0.857. The first kappa shape index (κ1) is 21.0. The van der Waals surface area contributed by atoms with Gasteiger partial charge in [-0.15, -0.1) is 0 Å². The number of ether oxygens (including phenoxy) is 1. The van der Waals surface area contributed by atoms with Gasteiger partial charge in [0.1, 0.15) is 5.60 Å². The zero-order valence-corrected chi connectivity index (χ0v) is 14.8. The maximum Gasteiger partial charge on any atom is 0.306 e. The van der Waals surface area contributed by atoms with Gasteiger partial charge in [0, 0.05) is 16.8 Å². The maximum absolute atomic E-state index is 11.0. The number of carbonyl (C=O) groups is 2. The number of carbonyl (C=O) groups excluding carboxylic acids is 1. The number of hydrogen-bond donors (Lipinski definition) is 1. The van der Waals surface area contributed by atoms with E-state index in [1.165, 1.54) is 0 Å². The average Bonchev–Trinajstić information content (AvgIpc) is 2.22. The minimum atomic E-state index is -0.700. The minimum Gasteiger partial charge on any atom is -0.481 e. The molecule has 0 heterocycles. The predicted molar refractivity (Wildman–Crippen MR) is 85.7 cm³/mol. The highest BCUT2D eigenvalue weighted by Crippen LogP contribution is 2.09. The molecule has 5 heteroatoms. The Hall–Kier alpha value is -0.330. The lowest BCUT2D eigenvalue weighted by Crippen LogP contribution is -2.23. The van der Waals surface area contributed by atoms with Gasteiger partial charge in [-0.3, -0.25) is 9.59 Å². The van der Waals surface area contributed by atoms with Crippen LogP contribution in [0, 0.1) is 0 Å². The van der Waals surface area contributed by atoms with Crippen LogP contribution in [-0.2, 0) is 14.3 Å². The van der Waals surface area contributed by atoms with E-state index in [0.717, 1.165) is 19.3 Å². The molecule has 4 nitrogen and oxygen atoms in total. The summed E-state index contributed by atoms with van der Waals surface area (Å²) in [5.74, 6) is -0.784. The van der Waals surface area contributed by atoms with E-state index >= 15 is 0 Å². The number of hydrogen-bond acceptors (Lipinski definition) is 3. The Balaban J connectivity index is 0. The summed E-state index contributed by atoms with van der Waals surface area (Å²) in [4.78, 5) is 20.9. The summed E-state index contributed by atoms with van der Waals surface area (Å²) >= 11 is 2.21. The van der Waals surface area contributed by atoms with E-state index in [0.29, 0.717) is 16.8 Å². The van der Waals surface area contributed by atoms with E-state index in [9.17, 15) is 9.59 Å². The zero-order chi connectivity index (χ0) is 15.5. The molecule has 0 bridgehead atoms. The highest BCUT2D eigenvalue weighted by Gasteiger charge is 2.14. The van der Waals surface area contributed by atoms with Crippen LogP contribution in [0.15, 0.2) is 0 Å². The molecular formula is C14H27IO4. The van der Waals surface area contributed by atoms with Gasteiger partial charge in [-0.05, 0) is 33.6 Å². The molecule has 0 rings (SSSR count). The molecule has 0 saturated heterocycles. The monoisotopic (exact) mass is 386 g/mol. The largest absolute Gasteiger partial charge is 0.481 e. The predicted octanol–water partition coefficient (Wildman–Crippen LogP) is 4.19. The van der Waals surface area contributed by atoms with Crippen molar-refractivity contribution in [1.82, 2.24) is 0 Å². The number of esters is 1. The van der Waals surface area contributed by atoms with Gasteiger partial charge in [0.15, 0.2) is 0 Å². The van der Waals surface area contributed by atoms with E-state index in [1.54, 1.807) is 0 Å². The molecule has 1 atom stereocenters. The summed E-state index contributed by atoms with van der Waals surface area (Å²) in [5.41, 5.74) is -0.329. The topological polar surface area (TPSA) is 63.6 Å². The number of rotatable bonds is 6. The van der Waals surface area contributed by atoms with E-state index < -0.39 is 5.97 Å². The van der Waals surface area contributed by atoms with Crippen molar-refractivity contribution in [3.8, 4) is 0 Å². The maximum atomic E-state index is 11.0. The van der Waals surface area contributed by atoms with Gasteiger partial charge in [-0.1, -0.05) is 42.9 Å². The highest BCUT2D eigenvalue weighted by molar-refractivity contribution is 14.1. The van der Waals surface area contributed by atoms with Crippen LogP contribution in [-0.4, -0.2) is 26.6 Å². The van der Waals surface area contributed by atoms with Crippen LogP contribution in [0.5, 0.6) is 0 Å². The quantitative estimate of drug-likeness (QED) is 0.422. The molecule has 1 N–H and O–H groups in total. The van der Waals surface area contributed by atoms with Crippen molar-refractivity contribution in [1.29, 1.82) is 0 Å². The molecule has 0 amide bonds. The van der Waals surface area contributed by atoms with Crippen molar-refractivity contribution in [2.75, 3.05) is 0 Å². The minimum absolute atomic E-state index is 0.0839. The first-order valence-electron chi connectivity index (χ1n) is 6.66. The molecule has 0 aromatic heterocycles. The van der Waals surface area contributed by atoms with Crippen LogP contribution in [0.1, 0.15) is 66.7 Å². The van der Waals surface area contributed by atoms with Crippen molar-refractivity contribution in [3.05, 3.63) is 0 Å². The molecule has 0 aliphatic carbocycles. The number of carboxylic acids is 1. The molecule has 0 aliphatic heterocycles. The lowest BCUT2D eigenvalue weighted by Gasteiger charge is -2.19. The third-order valence-electron chi connectivity index (χ3n) is 1.91. The number of unbranched alkanes of at least 4 members (excludes halogenated alkanes) is 1. The lowest BCUT2D eigenvalue weighted by atomic mass is 10.2. The molecule has 1 unspecified atom stereocenters. The van der Waals surface area contributed by atoms with Crippen LogP contribution in [0.3, 0.4) is 0 Å². The van der Waals surface area contributed by atoms with E-state index in [4.69, 9.17) is 9.84 Å². The van der Waals surface area contributed by atoms with Gasteiger partial charge in [-0.2, -0.15) is 0 Å². The van der Waals surface area contributed by atoms with Crippen molar-refractivity contribution < 1.29 is 19.4 Å². The van der Waals surface area contributed by atoms with Gasteiger partial charge >= 0.3 is 11.9 Å². The van der Waals surface area contributed by atoms with Crippen LogP contribution < -0.4 is 0 Å². The van der Waals surface area contributed by atoms with Crippen molar-refractivity contribution in [2.45, 2.75) is 76.2 Å². The molecule has 0 aromatic rings. The zero-order valence-electron chi connectivity index (χ0n) is 12.7. The normalized spacial score (nSPS) is 12.1. The Morgan fingerprint density at radius 1 is 1.26 bits per heavy atom. The van der Waals surface area contributed by atoms with Crippen LogP contribution in [0.25, 0.3) is 0 Å². The number of carboxylic acid groups (broad SMARTS) is 1. The highest BCUT2D eigenvalue weighted by atomic mass is 127. The molecule has 0 radical (unpaired) electrons. The summed E-state index contributed by atoms with van der Waals surface area (Å²) in [5, 5.41) is 8.16. The Labute approximate surface area is 130 Å². The number of alkyl halides is 1. The summed E-state index contributed by atoms with van der Waals surface area (Å²) in [6.07, 6.45) is 3.59. The lowest BCUT2D eigenvalue weighted by molar-refractivity contribution is -0.154. The molecule has 0 aliphatic rings. The summed E-state index contributed by atoms with van der Waals surface area (Å²) in [6.45, 7) is 9.72. The van der Waals surface area contributed by atoms with Gasteiger partial charge < -0.3 is 9.84 Å². The van der Waals surface area contributed by atoms with Crippen molar-refractivity contribution in [2.24, 2.45) is 0 Å². The van der Waals surface area contributed by atoms with Crippen molar-refractivity contribution >= 4 is 34.5 Å². The first-order chi connectivity index (χ1) is 8.58. The van der Waals surface area contributed by atoms with E-state index in [2.05, 4.69) is 29.5 Å². The van der Waals surface area contributed by atoms with E-state index in [1.807, 2.05) is 27.7 Å². The molecule has 0 saturated carbocycles. The van der Waals surface area contributed by atoms with Crippen LogP contribution in [0.2, 0.25) is 0 Å². The van der Waals surface area contributed by atoms with Crippen molar-refractivity contribution in [3.63, 3.8) is 0 Å². The molecular weight excluding hydrogens is 359 g/mol. The first-order valence-corrected chi connectivity index (χ1v) is 7.90. The smallest absolute Gasteiger partial charge is 0.306 e. The molecule has 114 valence electrons. The molecule has 19 heavy (non-hydrogen) atoms. The molecule has 0 spiro atoms. The average molecular weight is 386 g/mol. The fourth-order valence-electron chi connectivity index (χ4n) is 1.04. The fourth-order valence-corrected chi connectivity index (χ4v) is 1.35. The Kier molecular flexibility index (Phi) is 12.7. The second-order valence-electron chi connectivity index (χ2n) is 5.40. The Bertz CT molecular complexity index is 257. The Morgan fingerprint density at radius 2 is 1.79 bits per heavy atom. The van der Waals surface area contributed by atoms with Gasteiger partial charge in [0.05, 0.1) is 0 Å². The Morgan fingerprint density at radius 3 is 2.05 bits per heavy atom. The summed E-state index contributed by atoms with van der Waals surface area (Å²) in [6, 6.07) is 0. The van der Waals surface area contributed by atoms with Gasteiger partial charge in [-0.25, -0.2) is 0 Å². The third kappa shape index (κ3) is 23.2. The molecule has 0 aromatic carbocycles.